The van der Waals surface area contributed by atoms with Gasteiger partial charge >= 0.3 is 0 Å². The summed E-state index contributed by atoms with van der Waals surface area (Å²) in [4.78, 5) is 0. The highest BCUT2D eigenvalue weighted by atomic mass is 35.5. The average molecular weight is 230 g/mol. The summed E-state index contributed by atoms with van der Waals surface area (Å²) >= 11 is 5.86. The summed E-state index contributed by atoms with van der Waals surface area (Å²) in [6.45, 7) is 11.7. The van der Waals surface area contributed by atoms with Crippen molar-refractivity contribution in [3.63, 3.8) is 0 Å². The molecule has 1 aromatic heterocycles. The molecule has 0 aliphatic heterocycles. The Labute approximate surface area is 96.8 Å². The minimum atomic E-state index is 0.0200. The molecule has 1 rings (SSSR count). The molecule has 1 heterocycles. The van der Waals surface area contributed by atoms with Crippen LogP contribution >= 0.6 is 11.6 Å². The van der Waals surface area contributed by atoms with E-state index < -0.39 is 0 Å². The Balaban J connectivity index is 3.11. The Kier molecular flexibility index (Phi) is 3.77. The molecule has 0 saturated heterocycles. The van der Waals surface area contributed by atoms with Gasteiger partial charge in [-0.1, -0.05) is 34.6 Å². The zero-order chi connectivity index (χ0) is 11.6. The highest BCUT2D eigenvalue weighted by Gasteiger charge is 2.23. The molecule has 86 valence electrons. The van der Waals surface area contributed by atoms with Crippen LogP contribution in [0.1, 0.15) is 46.3 Å². The summed E-state index contributed by atoms with van der Waals surface area (Å²) in [5.41, 5.74) is 0.0200. The van der Waals surface area contributed by atoms with Gasteiger partial charge in [-0.2, -0.15) is 0 Å². The second kappa shape index (κ2) is 4.52. The minimum absolute atomic E-state index is 0.0200. The van der Waals surface area contributed by atoms with Crippen molar-refractivity contribution in [1.29, 1.82) is 0 Å². The average Bonchev–Trinajstić information content (AvgIpc) is 2.45. The van der Waals surface area contributed by atoms with Crippen molar-refractivity contribution in [2.24, 2.45) is 5.92 Å². The van der Waals surface area contributed by atoms with Crippen LogP contribution in [0.2, 0.25) is 0 Å². The van der Waals surface area contributed by atoms with E-state index in [1.54, 1.807) is 0 Å². The van der Waals surface area contributed by atoms with Gasteiger partial charge in [0.2, 0.25) is 0 Å². The Morgan fingerprint density at radius 2 is 1.87 bits per heavy atom. The van der Waals surface area contributed by atoms with E-state index in [-0.39, 0.29) is 5.41 Å². The van der Waals surface area contributed by atoms with Crippen LogP contribution in [-0.4, -0.2) is 14.8 Å². The number of aromatic nitrogens is 3. The van der Waals surface area contributed by atoms with Crippen molar-refractivity contribution in [3.05, 3.63) is 11.6 Å². The van der Waals surface area contributed by atoms with Gasteiger partial charge in [-0.25, -0.2) is 0 Å². The van der Waals surface area contributed by atoms with Crippen LogP contribution in [-0.2, 0) is 17.8 Å². The smallest absolute Gasteiger partial charge is 0.147 e. The Bertz CT molecular complexity index is 323. The van der Waals surface area contributed by atoms with E-state index in [1.807, 2.05) is 0 Å². The molecule has 0 radical (unpaired) electrons. The first-order valence-corrected chi connectivity index (χ1v) is 5.88. The molecular weight excluding hydrogens is 210 g/mol. The largest absolute Gasteiger partial charge is 0.313 e. The first kappa shape index (κ1) is 12.5. The number of hydrogen-bond acceptors (Lipinski definition) is 2. The first-order valence-electron chi connectivity index (χ1n) is 5.34. The van der Waals surface area contributed by atoms with Crippen LogP contribution in [0.15, 0.2) is 0 Å². The van der Waals surface area contributed by atoms with E-state index in [2.05, 4.69) is 49.4 Å². The summed E-state index contributed by atoms with van der Waals surface area (Å²) in [5, 5.41) is 8.37. The van der Waals surface area contributed by atoms with Crippen LogP contribution < -0.4 is 0 Å². The van der Waals surface area contributed by atoms with Gasteiger partial charge in [0.25, 0.3) is 0 Å². The van der Waals surface area contributed by atoms with E-state index in [4.69, 9.17) is 11.6 Å². The second-order valence-electron chi connectivity index (χ2n) is 5.33. The Morgan fingerprint density at radius 3 is 2.27 bits per heavy atom. The van der Waals surface area contributed by atoms with E-state index >= 15 is 0 Å². The predicted molar refractivity (Wildman–Crippen MR) is 63.1 cm³/mol. The Hall–Kier alpha value is -0.570. The molecule has 0 aliphatic rings. The maximum absolute atomic E-state index is 5.86. The minimum Gasteiger partial charge on any atom is -0.313 e. The lowest BCUT2D eigenvalue weighted by atomic mass is 9.95. The number of hydrogen-bond donors (Lipinski definition) is 0. The zero-order valence-electron chi connectivity index (χ0n) is 10.2. The summed E-state index contributed by atoms with van der Waals surface area (Å²) < 4.78 is 2.15. The molecule has 0 fully saturated rings. The molecule has 0 amide bonds. The summed E-state index contributed by atoms with van der Waals surface area (Å²) in [6, 6.07) is 0. The van der Waals surface area contributed by atoms with Crippen molar-refractivity contribution < 1.29 is 0 Å². The van der Waals surface area contributed by atoms with Gasteiger partial charge < -0.3 is 4.57 Å². The molecule has 0 aliphatic carbocycles. The van der Waals surface area contributed by atoms with Crippen molar-refractivity contribution in [2.45, 2.75) is 52.5 Å². The molecular formula is C11H20ClN3. The lowest BCUT2D eigenvalue weighted by Crippen LogP contribution is -2.21. The molecule has 15 heavy (non-hydrogen) atoms. The second-order valence-corrected chi connectivity index (χ2v) is 5.60. The first-order chi connectivity index (χ1) is 6.86. The summed E-state index contributed by atoms with van der Waals surface area (Å²) in [6.07, 6.45) is 0. The maximum atomic E-state index is 5.86. The number of nitrogens with zero attached hydrogens (tertiary/aromatic N) is 3. The third kappa shape index (κ3) is 2.94. The molecule has 3 nitrogen and oxygen atoms in total. The van der Waals surface area contributed by atoms with Crippen molar-refractivity contribution >= 4 is 11.6 Å². The summed E-state index contributed by atoms with van der Waals surface area (Å²) in [7, 11) is 0. The Morgan fingerprint density at radius 1 is 1.27 bits per heavy atom. The highest BCUT2D eigenvalue weighted by Crippen LogP contribution is 2.22. The van der Waals surface area contributed by atoms with Gasteiger partial charge in [-0.15, -0.1) is 21.8 Å². The van der Waals surface area contributed by atoms with Crippen LogP contribution in [0.3, 0.4) is 0 Å². The lowest BCUT2D eigenvalue weighted by molar-refractivity contribution is 0.445. The maximum Gasteiger partial charge on any atom is 0.147 e. The van der Waals surface area contributed by atoms with Crippen molar-refractivity contribution in [1.82, 2.24) is 14.8 Å². The molecule has 0 N–H and O–H groups in total. The number of alkyl halides is 1. The topological polar surface area (TPSA) is 30.7 Å². The van der Waals surface area contributed by atoms with Gasteiger partial charge in [-0.05, 0) is 5.92 Å². The van der Waals surface area contributed by atoms with E-state index in [1.165, 1.54) is 0 Å². The third-order valence-electron chi connectivity index (χ3n) is 2.17. The molecule has 0 bridgehead atoms. The zero-order valence-corrected chi connectivity index (χ0v) is 11.0. The number of halogens is 1. The van der Waals surface area contributed by atoms with E-state index in [0.717, 1.165) is 18.2 Å². The van der Waals surface area contributed by atoms with Gasteiger partial charge in [0.15, 0.2) is 0 Å². The van der Waals surface area contributed by atoms with Crippen molar-refractivity contribution in [3.8, 4) is 0 Å². The molecule has 4 heteroatoms. The lowest BCUT2D eigenvalue weighted by Gasteiger charge is -2.20. The molecule has 0 aromatic carbocycles. The van der Waals surface area contributed by atoms with Crippen molar-refractivity contribution in [2.75, 3.05) is 0 Å². The molecule has 0 unspecified atom stereocenters. The molecule has 1 aromatic rings. The predicted octanol–water partition coefficient (Wildman–Crippen LogP) is 2.97. The SMILES string of the molecule is CC(C)Cn1c(CCl)nnc1C(C)(C)C. The monoisotopic (exact) mass is 229 g/mol. The van der Waals surface area contributed by atoms with Crippen LogP contribution in [0.25, 0.3) is 0 Å². The fourth-order valence-electron chi connectivity index (χ4n) is 1.55. The molecule has 0 atom stereocenters. The van der Waals surface area contributed by atoms with E-state index in [9.17, 15) is 0 Å². The highest BCUT2D eigenvalue weighted by molar-refractivity contribution is 6.16. The molecule has 0 spiro atoms. The van der Waals surface area contributed by atoms with Gasteiger partial charge in [-0.3, -0.25) is 0 Å². The van der Waals surface area contributed by atoms with E-state index in [0.29, 0.717) is 11.8 Å². The summed E-state index contributed by atoms with van der Waals surface area (Å²) in [5.74, 6) is 2.89. The number of rotatable bonds is 3. The van der Waals surface area contributed by atoms with Gasteiger partial charge in [0.05, 0.1) is 5.88 Å². The van der Waals surface area contributed by atoms with Gasteiger partial charge in [0, 0.05) is 12.0 Å². The van der Waals surface area contributed by atoms with Gasteiger partial charge in [0.1, 0.15) is 11.6 Å². The standard InChI is InChI=1S/C11H20ClN3/c1-8(2)7-15-9(6-12)13-14-10(15)11(3,4)5/h8H,6-7H2,1-5H3. The fourth-order valence-corrected chi connectivity index (χ4v) is 1.74. The van der Waals surface area contributed by atoms with Crippen LogP contribution in [0.5, 0.6) is 0 Å². The fraction of sp³-hybridized carbons (Fsp3) is 0.818. The van der Waals surface area contributed by atoms with Crippen LogP contribution in [0.4, 0.5) is 0 Å². The molecule has 0 saturated carbocycles. The third-order valence-corrected chi connectivity index (χ3v) is 2.40. The quantitative estimate of drug-likeness (QED) is 0.747. The van der Waals surface area contributed by atoms with Crippen LogP contribution in [0, 0.1) is 5.92 Å². The normalized spacial score (nSPS) is 12.5.